The van der Waals surface area contributed by atoms with Gasteiger partial charge in [0.2, 0.25) is 0 Å². The number of carbonyl (C=O) groups excluding carboxylic acids is 2. The van der Waals surface area contributed by atoms with Crippen LogP contribution in [0, 0.1) is 0 Å². The van der Waals surface area contributed by atoms with Crippen LogP contribution >= 0.6 is 11.3 Å². The molecule has 0 aliphatic heterocycles. The fraction of sp³-hybridized carbons (Fsp3) is 0.368. The predicted molar refractivity (Wildman–Crippen MR) is 93.2 cm³/mol. The monoisotopic (exact) mass is 341 g/mol. The van der Waals surface area contributed by atoms with Crippen LogP contribution in [0.1, 0.15) is 40.6 Å². The highest BCUT2D eigenvalue weighted by molar-refractivity contribution is 7.17. The summed E-state index contributed by atoms with van der Waals surface area (Å²) in [5, 5.41) is 2.86. The van der Waals surface area contributed by atoms with Crippen molar-refractivity contribution in [1.29, 1.82) is 0 Å². The number of ether oxygens (including phenoxy) is 1. The van der Waals surface area contributed by atoms with Gasteiger partial charge in [-0.2, -0.15) is 0 Å². The van der Waals surface area contributed by atoms with Gasteiger partial charge in [-0.1, -0.05) is 24.3 Å². The number of benzene rings is 1. The van der Waals surface area contributed by atoms with Gasteiger partial charge < -0.3 is 10.1 Å². The summed E-state index contributed by atoms with van der Waals surface area (Å²) < 4.78 is 5.35. The Bertz CT molecular complexity index is 807. The van der Waals surface area contributed by atoms with E-state index in [4.69, 9.17) is 4.74 Å². The Labute approximate surface area is 144 Å². The van der Waals surface area contributed by atoms with Crippen LogP contribution in [-0.2, 0) is 22.4 Å². The van der Waals surface area contributed by atoms with E-state index in [9.17, 15) is 9.59 Å². The molecule has 1 aromatic heterocycles. The zero-order valence-corrected chi connectivity index (χ0v) is 14.3. The molecule has 1 fully saturated rings. The molecule has 0 unspecified atom stereocenters. The van der Waals surface area contributed by atoms with E-state index in [1.54, 1.807) is 6.92 Å². The minimum Gasteiger partial charge on any atom is -0.448 e. The Morgan fingerprint density at radius 3 is 2.75 bits per heavy atom. The lowest BCUT2D eigenvalue weighted by Gasteiger charge is -2.15. The first kappa shape index (κ1) is 15.4. The van der Waals surface area contributed by atoms with Gasteiger partial charge in [0.25, 0.3) is 5.91 Å². The molecule has 4 rings (SSSR count). The second-order valence-electron chi connectivity index (χ2n) is 6.45. The lowest BCUT2D eigenvalue weighted by molar-refractivity contribution is -0.129. The largest absolute Gasteiger partial charge is 0.448 e. The SMILES string of the molecule is C[C@@H](OC(=O)c1cc2c(s1)-c1ccccc1CC2)C(=O)NC1CC1. The number of fused-ring (bicyclic) bond motifs is 3. The molecule has 4 nitrogen and oxygen atoms in total. The van der Waals surface area contributed by atoms with Crippen LogP contribution in [0.3, 0.4) is 0 Å². The summed E-state index contributed by atoms with van der Waals surface area (Å²) in [5.74, 6) is -0.622. The lowest BCUT2D eigenvalue weighted by atomic mass is 9.91. The summed E-state index contributed by atoms with van der Waals surface area (Å²) in [5.41, 5.74) is 3.73. The predicted octanol–water partition coefficient (Wildman–Crippen LogP) is 3.34. The Hall–Kier alpha value is -2.14. The van der Waals surface area contributed by atoms with Gasteiger partial charge in [0.1, 0.15) is 4.88 Å². The normalized spacial score (nSPS) is 16.7. The molecule has 1 saturated carbocycles. The van der Waals surface area contributed by atoms with Gasteiger partial charge in [-0.05, 0) is 55.4 Å². The Balaban J connectivity index is 1.50. The van der Waals surface area contributed by atoms with E-state index in [1.165, 1.54) is 28.0 Å². The topological polar surface area (TPSA) is 55.4 Å². The number of rotatable bonds is 4. The van der Waals surface area contributed by atoms with Crippen LogP contribution < -0.4 is 5.32 Å². The van der Waals surface area contributed by atoms with E-state index in [1.807, 2.05) is 18.2 Å². The first-order valence-corrected chi connectivity index (χ1v) is 9.16. The zero-order valence-electron chi connectivity index (χ0n) is 13.5. The maximum atomic E-state index is 12.4. The molecule has 1 heterocycles. The van der Waals surface area contributed by atoms with E-state index in [2.05, 4.69) is 17.4 Å². The molecule has 1 N–H and O–H groups in total. The van der Waals surface area contributed by atoms with Crippen LogP contribution in [0.25, 0.3) is 10.4 Å². The summed E-state index contributed by atoms with van der Waals surface area (Å²) in [6.07, 6.45) is 3.21. The second kappa shape index (κ2) is 6.06. The van der Waals surface area contributed by atoms with Gasteiger partial charge in [0.05, 0.1) is 0 Å². The third-order valence-electron chi connectivity index (χ3n) is 4.51. The molecule has 0 spiro atoms. The minimum atomic E-state index is -0.760. The van der Waals surface area contributed by atoms with Gasteiger partial charge in [-0.3, -0.25) is 4.79 Å². The van der Waals surface area contributed by atoms with E-state index in [0.717, 1.165) is 30.6 Å². The molecule has 1 atom stereocenters. The zero-order chi connectivity index (χ0) is 16.7. The van der Waals surface area contributed by atoms with Crippen LogP contribution in [0.15, 0.2) is 30.3 Å². The number of esters is 1. The quantitative estimate of drug-likeness (QED) is 0.868. The summed E-state index contributed by atoms with van der Waals surface area (Å²) in [7, 11) is 0. The molecule has 2 aliphatic carbocycles. The maximum Gasteiger partial charge on any atom is 0.349 e. The third-order valence-corrected chi connectivity index (χ3v) is 5.70. The summed E-state index contributed by atoms with van der Waals surface area (Å²) in [6, 6.07) is 10.5. The van der Waals surface area contributed by atoms with Crippen molar-refractivity contribution in [3.8, 4) is 10.4 Å². The smallest absolute Gasteiger partial charge is 0.349 e. The molecule has 124 valence electrons. The van der Waals surface area contributed by atoms with Crippen LogP contribution in [-0.4, -0.2) is 24.0 Å². The summed E-state index contributed by atoms with van der Waals surface area (Å²) >= 11 is 1.46. The first-order valence-electron chi connectivity index (χ1n) is 8.34. The number of amides is 1. The molecule has 0 bridgehead atoms. The number of thiophene rings is 1. The van der Waals surface area contributed by atoms with E-state index < -0.39 is 12.1 Å². The molecule has 1 amide bonds. The van der Waals surface area contributed by atoms with Gasteiger partial charge in [-0.25, -0.2) is 4.79 Å². The van der Waals surface area contributed by atoms with Crippen molar-refractivity contribution in [2.24, 2.45) is 0 Å². The van der Waals surface area contributed by atoms with Crippen molar-refractivity contribution in [3.63, 3.8) is 0 Å². The standard InChI is InChI=1S/C19H19NO3S/c1-11(18(21)20-14-8-9-14)23-19(22)16-10-13-7-6-12-4-2-3-5-15(12)17(13)24-16/h2-5,10-11,14H,6-9H2,1H3,(H,20,21)/t11-/m1/s1. The van der Waals surface area contributed by atoms with E-state index >= 15 is 0 Å². The number of nitrogens with one attached hydrogen (secondary N) is 1. The second-order valence-corrected chi connectivity index (χ2v) is 7.50. The lowest BCUT2D eigenvalue weighted by Crippen LogP contribution is -2.36. The molecular weight excluding hydrogens is 322 g/mol. The van der Waals surface area contributed by atoms with Crippen LogP contribution in [0.5, 0.6) is 0 Å². The highest BCUT2D eigenvalue weighted by Crippen LogP contribution is 2.39. The fourth-order valence-electron chi connectivity index (χ4n) is 2.99. The molecule has 2 aromatic rings. The Morgan fingerprint density at radius 2 is 1.96 bits per heavy atom. The van der Waals surface area contributed by atoms with Crippen molar-refractivity contribution in [2.75, 3.05) is 0 Å². The van der Waals surface area contributed by atoms with Gasteiger partial charge in [-0.15, -0.1) is 11.3 Å². The summed E-state index contributed by atoms with van der Waals surface area (Å²) in [4.78, 5) is 26.1. The van der Waals surface area contributed by atoms with Crippen molar-refractivity contribution < 1.29 is 14.3 Å². The average Bonchev–Trinajstić information content (AvgIpc) is 3.28. The number of aryl methyl sites for hydroxylation is 2. The summed E-state index contributed by atoms with van der Waals surface area (Å²) in [6.45, 7) is 1.62. The van der Waals surface area contributed by atoms with Crippen molar-refractivity contribution in [1.82, 2.24) is 5.32 Å². The highest BCUT2D eigenvalue weighted by Gasteiger charge is 2.28. The third kappa shape index (κ3) is 2.96. The molecule has 0 saturated heterocycles. The van der Waals surface area contributed by atoms with Crippen molar-refractivity contribution >= 4 is 23.2 Å². The molecule has 5 heteroatoms. The van der Waals surface area contributed by atoms with Crippen molar-refractivity contribution in [3.05, 3.63) is 46.3 Å². The maximum absolute atomic E-state index is 12.4. The Kier molecular flexibility index (Phi) is 3.88. The minimum absolute atomic E-state index is 0.211. The van der Waals surface area contributed by atoms with Crippen molar-refractivity contribution in [2.45, 2.75) is 44.8 Å². The number of hydrogen-bond acceptors (Lipinski definition) is 4. The molecule has 1 aromatic carbocycles. The molecule has 24 heavy (non-hydrogen) atoms. The van der Waals surface area contributed by atoms with Gasteiger partial charge in [0, 0.05) is 10.9 Å². The average molecular weight is 341 g/mol. The van der Waals surface area contributed by atoms with E-state index in [0.29, 0.717) is 4.88 Å². The van der Waals surface area contributed by atoms with Crippen LogP contribution in [0.2, 0.25) is 0 Å². The van der Waals surface area contributed by atoms with Gasteiger partial charge >= 0.3 is 5.97 Å². The fourth-order valence-corrected chi connectivity index (χ4v) is 4.14. The number of carbonyl (C=O) groups is 2. The first-order chi connectivity index (χ1) is 11.6. The molecule has 0 radical (unpaired) electrons. The molecular formula is C19H19NO3S. The number of hydrogen-bond donors (Lipinski definition) is 1. The van der Waals surface area contributed by atoms with Gasteiger partial charge in [0.15, 0.2) is 6.10 Å². The van der Waals surface area contributed by atoms with Crippen LogP contribution in [0.4, 0.5) is 0 Å². The highest BCUT2D eigenvalue weighted by atomic mass is 32.1. The Morgan fingerprint density at radius 1 is 1.21 bits per heavy atom. The van der Waals surface area contributed by atoms with E-state index in [-0.39, 0.29) is 11.9 Å². The molecule has 2 aliphatic rings.